The zero-order valence-electron chi connectivity index (χ0n) is 15.8. The summed E-state index contributed by atoms with van der Waals surface area (Å²) in [6.07, 6.45) is 1.48. The van der Waals surface area contributed by atoms with E-state index in [1.165, 1.54) is 13.3 Å². The van der Waals surface area contributed by atoms with E-state index in [0.29, 0.717) is 22.4 Å². The minimum atomic E-state index is -0.499. The maximum absolute atomic E-state index is 12.4. The van der Waals surface area contributed by atoms with Gasteiger partial charge in [-0.3, -0.25) is 4.79 Å². The lowest BCUT2D eigenvalue weighted by molar-refractivity contribution is 0.0729. The van der Waals surface area contributed by atoms with E-state index in [4.69, 9.17) is 9.47 Å². The van der Waals surface area contributed by atoms with Gasteiger partial charge in [0.1, 0.15) is 0 Å². The minimum Gasteiger partial charge on any atom is -0.493 e. The number of carbonyl (C=O) groups excluding carboxylic acids is 2. The van der Waals surface area contributed by atoms with Crippen molar-refractivity contribution in [1.82, 2.24) is 5.43 Å². The molecule has 1 amide bonds. The Morgan fingerprint density at radius 3 is 2.57 bits per heavy atom. The van der Waals surface area contributed by atoms with E-state index >= 15 is 0 Å². The molecule has 3 aromatic rings. The van der Waals surface area contributed by atoms with Crippen molar-refractivity contribution in [3.63, 3.8) is 0 Å². The smallest absolute Gasteiger partial charge is 0.343 e. The van der Waals surface area contributed by atoms with Gasteiger partial charge in [0.15, 0.2) is 11.5 Å². The number of amides is 1. The van der Waals surface area contributed by atoms with Gasteiger partial charge in [0.2, 0.25) is 0 Å². The van der Waals surface area contributed by atoms with E-state index in [1.807, 2.05) is 18.2 Å². The van der Waals surface area contributed by atoms with Gasteiger partial charge < -0.3 is 9.47 Å². The van der Waals surface area contributed by atoms with Crippen LogP contribution >= 0.6 is 38.5 Å². The summed E-state index contributed by atoms with van der Waals surface area (Å²) < 4.78 is 12.4. The van der Waals surface area contributed by atoms with Gasteiger partial charge >= 0.3 is 5.97 Å². The Bertz CT molecular complexity index is 1120. The zero-order valence-corrected chi connectivity index (χ0v) is 19.5. The summed E-state index contributed by atoms with van der Waals surface area (Å²) in [5.74, 6) is -0.155. The highest BCUT2D eigenvalue weighted by atomic mass is 127. The van der Waals surface area contributed by atoms with Crippen LogP contribution in [-0.2, 0) is 0 Å². The molecule has 0 spiro atoms. The Hall–Kier alpha value is -2.72. The van der Waals surface area contributed by atoms with E-state index in [-0.39, 0.29) is 11.7 Å². The maximum atomic E-state index is 12.4. The number of halogens is 2. The summed E-state index contributed by atoms with van der Waals surface area (Å²) in [7, 11) is 1.48. The van der Waals surface area contributed by atoms with Crippen molar-refractivity contribution < 1.29 is 19.1 Å². The van der Waals surface area contributed by atoms with Crippen LogP contribution in [0.15, 0.2) is 76.3 Å². The molecule has 0 aromatic heterocycles. The summed E-state index contributed by atoms with van der Waals surface area (Å²) in [4.78, 5) is 24.6. The van der Waals surface area contributed by atoms with E-state index in [0.717, 1.165) is 8.04 Å². The molecule has 3 aromatic carbocycles. The van der Waals surface area contributed by atoms with Gasteiger partial charge in [-0.2, -0.15) is 5.10 Å². The van der Waals surface area contributed by atoms with Crippen LogP contribution in [0, 0.1) is 3.57 Å². The number of rotatable bonds is 6. The average Bonchev–Trinajstić information content (AvgIpc) is 2.74. The first-order chi connectivity index (χ1) is 14.5. The van der Waals surface area contributed by atoms with Crippen molar-refractivity contribution in [2.24, 2.45) is 5.10 Å². The highest BCUT2D eigenvalue weighted by molar-refractivity contribution is 14.1. The number of esters is 1. The largest absolute Gasteiger partial charge is 0.493 e. The van der Waals surface area contributed by atoms with Crippen LogP contribution < -0.4 is 14.9 Å². The van der Waals surface area contributed by atoms with Gasteiger partial charge in [0, 0.05) is 8.04 Å². The summed E-state index contributed by atoms with van der Waals surface area (Å²) >= 11 is 5.42. The maximum Gasteiger partial charge on any atom is 0.343 e. The highest BCUT2D eigenvalue weighted by Gasteiger charge is 2.13. The number of hydrogen-bond acceptors (Lipinski definition) is 5. The van der Waals surface area contributed by atoms with Crippen molar-refractivity contribution in [2.45, 2.75) is 0 Å². The third-order valence-electron chi connectivity index (χ3n) is 3.95. The number of benzene rings is 3. The van der Waals surface area contributed by atoms with Crippen molar-refractivity contribution in [2.75, 3.05) is 7.11 Å². The first-order valence-electron chi connectivity index (χ1n) is 8.71. The number of ether oxygens (including phenoxy) is 2. The van der Waals surface area contributed by atoms with Crippen LogP contribution in [0.4, 0.5) is 0 Å². The predicted octanol–water partition coefficient (Wildman–Crippen LogP) is 5.05. The standard InChI is InChI=1S/C22H16BrIN2O4/c1-29-20-11-14(13-25-26-21(27)17-7-2-3-8-18(17)24)9-10-19(20)30-22(28)15-5-4-6-16(23)12-15/h2-13H,1H3,(H,26,27). The molecule has 3 rings (SSSR count). The lowest BCUT2D eigenvalue weighted by Crippen LogP contribution is -2.18. The second kappa shape index (κ2) is 10.4. The highest BCUT2D eigenvalue weighted by Crippen LogP contribution is 2.28. The molecule has 0 saturated heterocycles. The zero-order chi connectivity index (χ0) is 21.5. The van der Waals surface area contributed by atoms with Gasteiger partial charge in [-0.1, -0.05) is 34.1 Å². The molecular weight excluding hydrogens is 563 g/mol. The summed E-state index contributed by atoms with van der Waals surface area (Å²) in [6.45, 7) is 0. The summed E-state index contributed by atoms with van der Waals surface area (Å²) in [6, 6.07) is 19.1. The molecule has 0 heterocycles. The van der Waals surface area contributed by atoms with E-state index in [9.17, 15) is 9.59 Å². The SMILES string of the molecule is COc1cc(C=NNC(=O)c2ccccc2I)ccc1OC(=O)c1cccc(Br)c1. The molecule has 152 valence electrons. The van der Waals surface area contributed by atoms with E-state index in [1.54, 1.807) is 48.5 Å². The molecule has 0 saturated carbocycles. The first kappa shape index (κ1) is 22.0. The molecule has 0 radical (unpaired) electrons. The van der Waals surface area contributed by atoms with Gasteiger partial charge in [-0.05, 0) is 76.7 Å². The van der Waals surface area contributed by atoms with Crippen molar-refractivity contribution in [3.8, 4) is 11.5 Å². The van der Waals surface area contributed by atoms with Crippen molar-refractivity contribution in [1.29, 1.82) is 0 Å². The van der Waals surface area contributed by atoms with Gasteiger partial charge in [0.05, 0.1) is 24.5 Å². The summed E-state index contributed by atoms with van der Waals surface area (Å²) in [5.41, 5.74) is 4.11. The average molecular weight is 579 g/mol. The van der Waals surface area contributed by atoms with Crippen molar-refractivity contribution in [3.05, 3.63) is 91.5 Å². The first-order valence-corrected chi connectivity index (χ1v) is 10.6. The molecule has 0 fully saturated rings. The Kier molecular flexibility index (Phi) is 7.58. The molecule has 0 bridgehead atoms. The van der Waals surface area contributed by atoms with Crippen LogP contribution in [-0.4, -0.2) is 25.2 Å². The van der Waals surface area contributed by atoms with Crippen LogP contribution in [0.5, 0.6) is 11.5 Å². The Morgan fingerprint density at radius 1 is 1.03 bits per heavy atom. The Morgan fingerprint density at radius 2 is 1.83 bits per heavy atom. The van der Waals surface area contributed by atoms with Gasteiger partial charge in [0.25, 0.3) is 5.91 Å². The molecule has 8 heteroatoms. The molecule has 0 aliphatic rings. The monoisotopic (exact) mass is 578 g/mol. The number of methoxy groups -OCH3 is 1. The fraction of sp³-hybridized carbons (Fsp3) is 0.0455. The number of hydrazone groups is 1. The fourth-order valence-electron chi connectivity index (χ4n) is 2.49. The topological polar surface area (TPSA) is 77.0 Å². The number of nitrogens with zero attached hydrogens (tertiary/aromatic N) is 1. The fourth-order valence-corrected chi connectivity index (χ4v) is 3.53. The molecule has 6 nitrogen and oxygen atoms in total. The van der Waals surface area contributed by atoms with E-state index < -0.39 is 5.97 Å². The third kappa shape index (κ3) is 5.67. The second-order valence-corrected chi connectivity index (χ2v) is 8.07. The molecule has 0 aliphatic heterocycles. The van der Waals surface area contributed by atoms with Crippen LogP contribution in [0.25, 0.3) is 0 Å². The van der Waals surface area contributed by atoms with Crippen LogP contribution in [0.1, 0.15) is 26.3 Å². The molecule has 0 aliphatic carbocycles. The lowest BCUT2D eigenvalue weighted by Gasteiger charge is -2.10. The normalized spacial score (nSPS) is 10.6. The van der Waals surface area contributed by atoms with Crippen molar-refractivity contribution >= 4 is 56.6 Å². The van der Waals surface area contributed by atoms with Crippen LogP contribution in [0.3, 0.4) is 0 Å². The molecule has 0 unspecified atom stereocenters. The summed E-state index contributed by atoms with van der Waals surface area (Å²) in [5, 5.41) is 3.99. The minimum absolute atomic E-state index is 0.280. The predicted molar refractivity (Wildman–Crippen MR) is 126 cm³/mol. The second-order valence-electron chi connectivity index (χ2n) is 5.99. The molecular formula is C22H16BrIN2O4. The van der Waals surface area contributed by atoms with Gasteiger partial charge in [-0.15, -0.1) is 0 Å². The van der Waals surface area contributed by atoms with Gasteiger partial charge in [-0.25, -0.2) is 10.2 Å². The van der Waals surface area contributed by atoms with E-state index in [2.05, 4.69) is 49.0 Å². The lowest BCUT2D eigenvalue weighted by atomic mass is 10.2. The number of hydrogen-bond donors (Lipinski definition) is 1. The third-order valence-corrected chi connectivity index (χ3v) is 5.38. The Balaban J connectivity index is 1.69. The molecule has 30 heavy (non-hydrogen) atoms. The number of nitrogens with one attached hydrogen (secondary N) is 1. The quantitative estimate of drug-likeness (QED) is 0.146. The van der Waals surface area contributed by atoms with Crippen LogP contribution in [0.2, 0.25) is 0 Å². The Labute approximate surface area is 195 Å². The number of carbonyl (C=O) groups is 2. The molecule has 0 atom stereocenters. The molecule has 1 N–H and O–H groups in total.